The predicted molar refractivity (Wildman–Crippen MR) is 39.5 cm³/mol. The molecule has 0 unspecified atom stereocenters. The normalized spacial score (nSPS) is 21.9. The Bertz CT molecular complexity index is 210. The van der Waals surface area contributed by atoms with Crippen LogP contribution in [-0.4, -0.2) is 11.1 Å². The van der Waals surface area contributed by atoms with Crippen molar-refractivity contribution in [2.24, 2.45) is 0 Å². The topological polar surface area (TPSA) is 46.2 Å². The van der Waals surface area contributed by atoms with Gasteiger partial charge >= 0.3 is 0 Å². The number of hydrogen-bond acceptors (Lipinski definition) is 3. The molecule has 0 atom stereocenters. The molecule has 0 bridgehead atoms. The van der Waals surface area contributed by atoms with E-state index in [4.69, 9.17) is 0 Å². The van der Waals surface area contributed by atoms with Gasteiger partial charge in [0.25, 0.3) is 11.1 Å². The Labute approximate surface area is 62.9 Å². The van der Waals surface area contributed by atoms with Crippen molar-refractivity contribution in [1.29, 1.82) is 0 Å². The molecule has 54 valence electrons. The lowest BCUT2D eigenvalue weighted by molar-refractivity contribution is -0.115. The second-order valence-electron chi connectivity index (χ2n) is 1.82. The number of hydrogen-bond donors (Lipinski definition) is 1. The molecular weight excluding hydrogens is 150 g/mol. The standard InChI is InChI=1S/C6H7NO2S/c1-2-3-4-5(8)7-6(9)10-4/h3H,2H2,1H3,(H,7,8,9)/b4-3-. The average Bonchev–Trinajstić information content (AvgIpc) is 2.13. The van der Waals surface area contributed by atoms with E-state index in [1.165, 1.54) is 0 Å². The Balaban J connectivity index is 2.72. The lowest BCUT2D eigenvalue weighted by Crippen LogP contribution is -2.17. The maximum absolute atomic E-state index is 10.8. The van der Waals surface area contributed by atoms with Crippen LogP contribution < -0.4 is 5.32 Å². The summed E-state index contributed by atoms with van der Waals surface area (Å²) in [6.45, 7) is 1.92. The van der Waals surface area contributed by atoms with Crippen LogP contribution in [0, 0.1) is 0 Å². The van der Waals surface area contributed by atoms with Crippen molar-refractivity contribution < 1.29 is 9.59 Å². The molecule has 1 heterocycles. The molecule has 0 aliphatic carbocycles. The number of thioether (sulfide) groups is 1. The molecule has 1 fully saturated rings. The molecule has 10 heavy (non-hydrogen) atoms. The predicted octanol–water partition coefficient (Wildman–Crippen LogP) is 1.26. The van der Waals surface area contributed by atoms with Gasteiger partial charge in [-0.2, -0.15) is 0 Å². The average molecular weight is 157 g/mol. The zero-order chi connectivity index (χ0) is 7.56. The summed E-state index contributed by atoms with van der Waals surface area (Å²) in [5.74, 6) is -0.267. The summed E-state index contributed by atoms with van der Waals surface area (Å²) in [6.07, 6.45) is 2.52. The molecule has 0 radical (unpaired) electrons. The van der Waals surface area contributed by atoms with Crippen molar-refractivity contribution >= 4 is 22.9 Å². The quantitative estimate of drug-likeness (QED) is 0.583. The molecule has 0 aromatic heterocycles. The summed E-state index contributed by atoms with van der Waals surface area (Å²) in [4.78, 5) is 21.8. The molecular formula is C6H7NO2S. The van der Waals surface area contributed by atoms with Crippen molar-refractivity contribution in [3.63, 3.8) is 0 Å². The number of carbonyl (C=O) groups excluding carboxylic acids is 2. The molecule has 0 aromatic rings. The number of nitrogens with one attached hydrogen (secondary N) is 1. The van der Waals surface area contributed by atoms with Crippen molar-refractivity contribution in [3.05, 3.63) is 11.0 Å². The van der Waals surface area contributed by atoms with Gasteiger partial charge in [-0.15, -0.1) is 0 Å². The fraction of sp³-hybridized carbons (Fsp3) is 0.333. The molecule has 1 N–H and O–H groups in total. The number of amides is 2. The zero-order valence-electron chi connectivity index (χ0n) is 5.51. The van der Waals surface area contributed by atoms with E-state index in [1.807, 2.05) is 6.92 Å². The minimum absolute atomic E-state index is 0.267. The third kappa shape index (κ3) is 1.39. The van der Waals surface area contributed by atoms with E-state index in [0.717, 1.165) is 18.2 Å². The molecule has 1 aliphatic heterocycles. The Kier molecular flexibility index (Phi) is 2.11. The van der Waals surface area contributed by atoms with Gasteiger partial charge in [0.2, 0.25) is 0 Å². The van der Waals surface area contributed by atoms with Crippen LogP contribution in [0.25, 0.3) is 0 Å². The smallest absolute Gasteiger partial charge is 0.282 e. The molecule has 1 saturated heterocycles. The molecule has 0 saturated carbocycles. The van der Waals surface area contributed by atoms with E-state index < -0.39 is 0 Å². The SMILES string of the molecule is CC/C=C1\SC(=O)NC1=O. The monoisotopic (exact) mass is 157 g/mol. The number of carbonyl (C=O) groups is 2. The first-order valence-corrected chi connectivity index (χ1v) is 3.79. The number of rotatable bonds is 1. The van der Waals surface area contributed by atoms with E-state index in [-0.39, 0.29) is 11.1 Å². The summed E-state index contributed by atoms with van der Waals surface area (Å²) in [7, 11) is 0. The highest BCUT2D eigenvalue weighted by Crippen LogP contribution is 2.22. The lowest BCUT2D eigenvalue weighted by Gasteiger charge is -1.85. The van der Waals surface area contributed by atoms with Gasteiger partial charge in [0.1, 0.15) is 0 Å². The van der Waals surface area contributed by atoms with Crippen LogP contribution in [0.3, 0.4) is 0 Å². The first-order valence-electron chi connectivity index (χ1n) is 2.97. The number of imide groups is 1. The van der Waals surface area contributed by atoms with Gasteiger partial charge < -0.3 is 0 Å². The van der Waals surface area contributed by atoms with Crippen LogP contribution in [-0.2, 0) is 4.79 Å². The molecule has 4 heteroatoms. The molecule has 1 rings (SSSR count). The third-order valence-electron chi connectivity index (χ3n) is 1.03. The minimum atomic E-state index is -0.273. The van der Waals surface area contributed by atoms with E-state index in [1.54, 1.807) is 6.08 Å². The molecule has 1 aliphatic rings. The van der Waals surface area contributed by atoms with Gasteiger partial charge in [-0.1, -0.05) is 13.0 Å². The summed E-state index contributed by atoms with van der Waals surface area (Å²) in [5.41, 5.74) is 0. The molecule has 2 amide bonds. The zero-order valence-corrected chi connectivity index (χ0v) is 6.33. The van der Waals surface area contributed by atoms with E-state index in [9.17, 15) is 9.59 Å². The van der Waals surface area contributed by atoms with Crippen molar-refractivity contribution in [2.75, 3.05) is 0 Å². The van der Waals surface area contributed by atoms with Crippen LogP contribution in [0.15, 0.2) is 11.0 Å². The summed E-state index contributed by atoms with van der Waals surface area (Å²) >= 11 is 0.960. The largest absolute Gasteiger partial charge is 0.290 e. The first-order chi connectivity index (χ1) is 4.74. The van der Waals surface area contributed by atoms with Gasteiger partial charge in [-0.25, -0.2) is 0 Å². The minimum Gasteiger partial charge on any atom is -0.282 e. The van der Waals surface area contributed by atoms with Crippen molar-refractivity contribution in [2.45, 2.75) is 13.3 Å². The first kappa shape index (κ1) is 7.34. The van der Waals surface area contributed by atoms with Crippen molar-refractivity contribution in [1.82, 2.24) is 5.32 Å². The Morgan fingerprint density at radius 2 is 2.30 bits per heavy atom. The van der Waals surface area contributed by atoms with Crippen LogP contribution in [0.2, 0.25) is 0 Å². The summed E-state index contributed by atoms with van der Waals surface area (Å²) < 4.78 is 0. The van der Waals surface area contributed by atoms with Gasteiger partial charge in [-0.3, -0.25) is 14.9 Å². The highest BCUT2D eigenvalue weighted by Gasteiger charge is 2.23. The fourth-order valence-electron chi connectivity index (χ4n) is 0.646. The van der Waals surface area contributed by atoms with Gasteiger partial charge in [0.05, 0.1) is 4.91 Å². The van der Waals surface area contributed by atoms with E-state index in [0.29, 0.717) is 4.91 Å². The van der Waals surface area contributed by atoms with Crippen LogP contribution >= 0.6 is 11.8 Å². The molecule has 0 spiro atoms. The highest BCUT2D eigenvalue weighted by molar-refractivity contribution is 8.18. The Morgan fingerprint density at radius 1 is 1.60 bits per heavy atom. The molecule has 0 aromatic carbocycles. The summed E-state index contributed by atoms with van der Waals surface area (Å²) in [5, 5.41) is 1.90. The van der Waals surface area contributed by atoms with Crippen LogP contribution in [0.4, 0.5) is 4.79 Å². The van der Waals surface area contributed by atoms with E-state index in [2.05, 4.69) is 5.32 Å². The van der Waals surface area contributed by atoms with Crippen molar-refractivity contribution in [3.8, 4) is 0 Å². The van der Waals surface area contributed by atoms with Gasteiger partial charge in [-0.05, 0) is 18.2 Å². The maximum atomic E-state index is 10.8. The second-order valence-corrected chi connectivity index (χ2v) is 2.84. The highest BCUT2D eigenvalue weighted by atomic mass is 32.2. The Hall–Kier alpha value is -0.770. The number of allylic oxidation sites excluding steroid dienone is 1. The fourth-order valence-corrected chi connectivity index (χ4v) is 1.38. The maximum Gasteiger partial charge on any atom is 0.290 e. The Morgan fingerprint density at radius 3 is 2.70 bits per heavy atom. The van der Waals surface area contributed by atoms with Crippen LogP contribution in [0.5, 0.6) is 0 Å². The summed E-state index contributed by atoms with van der Waals surface area (Å²) in [6, 6.07) is 0. The van der Waals surface area contributed by atoms with Crippen LogP contribution in [0.1, 0.15) is 13.3 Å². The third-order valence-corrected chi connectivity index (χ3v) is 1.89. The van der Waals surface area contributed by atoms with E-state index >= 15 is 0 Å². The van der Waals surface area contributed by atoms with Gasteiger partial charge in [0.15, 0.2) is 0 Å². The lowest BCUT2D eigenvalue weighted by atomic mass is 10.4. The molecule has 3 nitrogen and oxygen atoms in total. The van der Waals surface area contributed by atoms with Gasteiger partial charge in [0, 0.05) is 0 Å². The second kappa shape index (κ2) is 2.88.